The van der Waals surface area contributed by atoms with Crippen molar-refractivity contribution in [1.82, 2.24) is 19.8 Å². The number of carbonyl (C=O) groups excluding carboxylic acids is 2. The second-order valence-corrected chi connectivity index (χ2v) is 11.7. The topological polar surface area (TPSA) is 98.5 Å². The summed E-state index contributed by atoms with van der Waals surface area (Å²) >= 11 is 7.37. The number of ether oxygens (including phenoxy) is 1. The largest absolute Gasteiger partial charge is 0.444 e. The maximum Gasteiger partial charge on any atom is 0.410 e. The molecule has 12 heteroatoms. The molecule has 0 aliphatic carbocycles. The Kier molecular flexibility index (Phi) is 6.03. The van der Waals surface area contributed by atoms with Crippen molar-refractivity contribution in [2.24, 2.45) is 0 Å². The molecular weight excluding hydrogens is 526 g/mol. The van der Waals surface area contributed by atoms with E-state index in [2.05, 4.69) is 9.97 Å². The average molecular weight is 549 g/mol. The Morgan fingerprint density at radius 1 is 1.14 bits per heavy atom. The summed E-state index contributed by atoms with van der Waals surface area (Å²) in [5.41, 5.74) is 0.335. The number of H-pyrrole nitrogens is 2. The van der Waals surface area contributed by atoms with Gasteiger partial charge in [0, 0.05) is 24.8 Å². The molecule has 37 heavy (non-hydrogen) atoms. The Morgan fingerprint density at radius 2 is 1.81 bits per heavy atom. The number of hydrogen-bond donors (Lipinski definition) is 2. The van der Waals surface area contributed by atoms with Crippen molar-refractivity contribution in [2.45, 2.75) is 39.0 Å². The number of likely N-dealkylation sites (N-methyl/N-ethyl adjacent to an activating group) is 1. The molecule has 1 unspecified atom stereocenters. The Balaban J connectivity index is 1.63. The molecular formula is C25H23ClF2N4O4S. The van der Waals surface area contributed by atoms with Crippen LogP contribution >= 0.6 is 22.9 Å². The number of rotatable bonds is 2. The highest BCUT2D eigenvalue weighted by atomic mass is 35.5. The van der Waals surface area contributed by atoms with Crippen molar-refractivity contribution in [1.29, 1.82) is 0 Å². The van der Waals surface area contributed by atoms with Gasteiger partial charge in [-0.25, -0.2) is 13.6 Å². The number of carbonyl (C=O) groups is 2. The molecule has 194 valence electrons. The van der Waals surface area contributed by atoms with Gasteiger partial charge in [0.25, 0.3) is 11.5 Å². The van der Waals surface area contributed by atoms with Gasteiger partial charge in [-0.2, -0.15) is 0 Å². The lowest BCUT2D eigenvalue weighted by atomic mass is 9.92. The van der Waals surface area contributed by atoms with Crippen molar-refractivity contribution in [3.8, 4) is 0 Å². The van der Waals surface area contributed by atoms with Gasteiger partial charge in [-0.15, -0.1) is 11.3 Å². The van der Waals surface area contributed by atoms with Crippen molar-refractivity contribution < 1.29 is 23.1 Å². The molecule has 2 amide bonds. The van der Waals surface area contributed by atoms with E-state index in [4.69, 9.17) is 16.3 Å². The third-order valence-electron chi connectivity index (χ3n) is 6.21. The van der Waals surface area contributed by atoms with Crippen molar-refractivity contribution in [3.63, 3.8) is 0 Å². The van der Waals surface area contributed by atoms with E-state index in [0.29, 0.717) is 26.8 Å². The van der Waals surface area contributed by atoms with Crippen LogP contribution in [0.25, 0.3) is 21.0 Å². The summed E-state index contributed by atoms with van der Waals surface area (Å²) in [5.74, 6) is -2.68. The smallest absolute Gasteiger partial charge is 0.410 e. The minimum absolute atomic E-state index is 0.00516. The van der Waals surface area contributed by atoms with E-state index in [1.54, 1.807) is 40.0 Å². The molecule has 5 rings (SSSR count). The fourth-order valence-corrected chi connectivity index (χ4v) is 5.71. The summed E-state index contributed by atoms with van der Waals surface area (Å²) in [7, 11) is 1.55. The second kappa shape index (κ2) is 8.84. The van der Waals surface area contributed by atoms with Crippen LogP contribution in [0, 0.1) is 11.6 Å². The lowest BCUT2D eigenvalue weighted by Gasteiger charge is -2.39. The molecule has 0 bridgehead atoms. The monoisotopic (exact) mass is 548 g/mol. The van der Waals surface area contributed by atoms with Gasteiger partial charge in [0.15, 0.2) is 11.6 Å². The normalized spacial score (nSPS) is 15.8. The van der Waals surface area contributed by atoms with E-state index in [0.717, 1.165) is 16.8 Å². The first-order valence-corrected chi connectivity index (χ1v) is 12.6. The first kappa shape index (κ1) is 25.2. The number of thiophene rings is 1. The van der Waals surface area contributed by atoms with Gasteiger partial charge in [0.1, 0.15) is 11.3 Å². The highest BCUT2D eigenvalue weighted by Crippen LogP contribution is 2.36. The molecule has 0 radical (unpaired) electrons. The van der Waals surface area contributed by atoms with Crippen LogP contribution in [0.2, 0.25) is 4.34 Å². The summed E-state index contributed by atoms with van der Waals surface area (Å²) in [6.07, 6.45) is -0.634. The van der Waals surface area contributed by atoms with Gasteiger partial charge in [-0.05, 0) is 50.4 Å². The summed E-state index contributed by atoms with van der Waals surface area (Å²) in [6.45, 7) is 5.15. The summed E-state index contributed by atoms with van der Waals surface area (Å²) in [6, 6.07) is 4.39. The van der Waals surface area contributed by atoms with E-state index in [-0.39, 0.29) is 23.9 Å². The van der Waals surface area contributed by atoms with Crippen LogP contribution in [0.3, 0.4) is 0 Å². The van der Waals surface area contributed by atoms with Crippen LogP contribution in [0.4, 0.5) is 13.6 Å². The standard InChI is InChI=1S/C25H23ClF2N4O4S/c1-25(2,3)36-24(35)32-9-17-21(11-5-13(27)14(28)6-12(11)22(33)30-17)18(10-32)31(4)23(34)16-7-19-15(29-16)8-20(26)37-19/h5-8,18,29H,9-10H2,1-4H3,(H,30,33). The molecule has 0 spiro atoms. The number of fused-ring (bicyclic) bond motifs is 4. The number of nitrogens with one attached hydrogen (secondary N) is 2. The van der Waals surface area contributed by atoms with Crippen LogP contribution in [0.5, 0.6) is 0 Å². The zero-order chi connectivity index (χ0) is 26.8. The maximum atomic E-state index is 14.3. The van der Waals surface area contributed by atoms with E-state index in [9.17, 15) is 23.2 Å². The zero-order valence-corrected chi connectivity index (χ0v) is 21.9. The molecule has 4 heterocycles. The highest BCUT2D eigenvalue weighted by Gasteiger charge is 2.37. The number of aromatic nitrogens is 2. The summed E-state index contributed by atoms with van der Waals surface area (Å²) in [5, 5.41) is 0.120. The number of aromatic amines is 2. The van der Waals surface area contributed by atoms with Crippen molar-refractivity contribution in [2.75, 3.05) is 13.6 Å². The van der Waals surface area contributed by atoms with Crippen molar-refractivity contribution >= 4 is 55.9 Å². The molecule has 3 aromatic heterocycles. The zero-order valence-electron chi connectivity index (χ0n) is 20.4. The fraction of sp³-hybridized carbons (Fsp3) is 0.320. The van der Waals surface area contributed by atoms with Crippen LogP contribution < -0.4 is 5.56 Å². The van der Waals surface area contributed by atoms with Gasteiger partial charge < -0.3 is 19.6 Å². The number of nitrogens with zero attached hydrogens (tertiary/aromatic N) is 2. The number of pyridine rings is 1. The van der Waals surface area contributed by atoms with Crippen molar-refractivity contribution in [3.05, 3.63) is 67.5 Å². The van der Waals surface area contributed by atoms with Crippen LogP contribution in [0.15, 0.2) is 29.1 Å². The Labute approximate surface area is 218 Å². The predicted molar refractivity (Wildman–Crippen MR) is 137 cm³/mol. The highest BCUT2D eigenvalue weighted by molar-refractivity contribution is 7.22. The fourth-order valence-electron chi connectivity index (χ4n) is 4.57. The minimum atomic E-state index is -1.16. The van der Waals surface area contributed by atoms with E-state index in [1.807, 2.05) is 0 Å². The number of benzene rings is 1. The summed E-state index contributed by atoms with van der Waals surface area (Å²) in [4.78, 5) is 47.8. The maximum absolute atomic E-state index is 14.3. The Hall–Kier alpha value is -3.44. The van der Waals surface area contributed by atoms with Crippen LogP contribution in [0.1, 0.15) is 48.6 Å². The van der Waals surface area contributed by atoms with E-state index in [1.165, 1.54) is 21.1 Å². The van der Waals surface area contributed by atoms with E-state index >= 15 is 0 Å². The molecule has 0 fully saturated rings. The molecule has 8 nitrogen and oxygen atoms in total. The third kappa shape index (κ3) is 4.57. The second-order valence-electron chi connectivity index (χ2n) is 9.96. The lowest BCUT2D eigenvalue weighted by Crippen LogP contribution is -2.47. The van der Waals surface area contributed by atoms with Crippen LogP contribution in [-0.2, 0) is 11.3 Å². The minimum Gasteiger partial charge on any atom is -0.444 e. The summed E-state index contributed by atoms with van der Waals surface area (Å²) < 4.78 is 35.3. The Morgan fingerprint density at radius 3 is 2.46 bits per heavy atom. The number of halogens is 3. The third-order valence-corrected chi connectivity index (χ3v) is 7.42. The molecule has 1 atom stereocenters. The quantitative estimate of drug-likeness (QED) is 0.342. The molecule has 4 aromatic rings. The Bertz CT molecular complexity index is 1610. The molecule has 0 saturated carbocycles. The SMILES string of the molecule is CN(C(=O)c1cc2sc(Cl)cc2[nH]1)C1CN(C(=O)OC(C)(C)C)Cc2[nH]c(=O)c3cc(F)c(F)cc3c21. The first-order chi connectivity index (χ1) is 17.3. The molecule has 1 aromatic carbocycles. The number of hydrogen-bond acceptors (Lipinski definition) is 5. The molecule has 0 saturated heterocycles. The molecule has 1 aliphatic rings. The van der Waals surface area contributed by atoms with Gasteiger partial charge >= 0.3 is 6.09 Å². The van der Waals surface area contributed by atoms with Crippen LogP contribution in [-0.4, -0.2) is 51.0 Å². The average Bonchev–Trinajstić information content (AvgIpc) is 3.35. The van der Waals surface area contributed by atoms with Gasteiger partial charge in [-0.3, -0.25) is 14.5 Å². The molecule has 2 N–H and O–H groups in total. The lowest BCUT2D eigenvalue weighted by molar-refractivity contribution is 0.0142. The van der Waals surface area contributed by atoms with Gasteiger partial charge in [0.05, 0.1) is 32.5 Å². The molecule has 1 aliphatic heterocycles. The predicted octanol–water partition coefficient (Wildman–Crippen LogP) is 5.57. The first-order valence-electron chi connectivity index (χ1n) is 11.4. The van der Waals surface area contributed by atoms with Gasteiger partial charge in [-0.1, -0.05) is 11.6 Å². The van der Waals surface area contributed by atoms with Gasteiger partial charge in [0.2, 0.25) is 0 Å². The van der Waals surface area contributed by atoms with E-state index < -0.39 is 40.8 Å². The number of amides is 2.